The van der Waals surface area contributed by atoms with Crippen LogP contribution in [0.15, 0.2) is 35.9 Å². The SMILES string of the molecule is COc1ccc(/C=C2\C(=O)NC(=O)N(c3cccc(Cl)c3Cl)C2=O)c(OC)c1C. The van der Waals surface area contributed by atoms with Gasteiger partial charge in [-0.3, -0.25) is 14.9 Å². The summed E-state index contributed by atoms with van der Waals surface area (Å²) in [5, 5.41) is 2.33. The van der Waals surface area contributed by atoms with Gasteiger partial charge in [-0.2, -0.15) is 0 Å². The van der Waals surface area contributed by atoms with E-state index in [4.69, 9.17) is 32.7 Å². The minimum absolute atomic E-state index is 0.0178. The molecular formula is C20H16Cl2N2O5. The molecule has 1 N–H and O–H groups in total. The summed E-state index contributed by atoms with van der Waals surface area (Å²) in [5.74, 6) is -0.643. The Balaban J connectivity index is 2.12. The van der Waals surface area contributed by atoms with Crippen LogP contribution in [0.2, 0.25) is 10.0 Å². The molecular weight excluding hydrogens is 419 g/mol. The molecule has 0 spiro atoms. The number of anilines is 1. The summed E-state index contributed by atoms with van der Waals surface area (Å²) < 4.78 is 10.7. The number of ether oxygens (including phenoxy) is 2. The topological polar surface area (TPSA) is 84.9 Å². The van der Waals surface area contributed by atoms with Gasteiger partial charge in [0, 0.05) is 11.1 Å². The first kappa shape index (κ1) is 20.7. The standard InChI is InChI=1S/C20H16Cl2N2O5/c1-10-15(28-2)8-7-11(17(10)29-3)9-12-18(25)23-20(27)24(19(12)26)14-6-4-5-13(21)16(14)22/h4-9H,1-3H3,(H,23,25,27)/b12-9+. The molecule has 7 nitrogen and oxygen atoms in total. The normalized spacial score (nSPS) is 15.6. The Morgan fingerprint density at radius 1 is 1.03 bits per heavy atom. The van der Waals surface area contributed by atoms with Crippen LogP contribution in [0.4, 0.5) is 10.5 Å². The van der Waals surface area contributed by atoms with Crippen LogP contribution >= 0.6 is 23.2 Å². The summed E-state index contributed by atoms with van der Waals surface area (Å²) in [6, 6.07) is 6.93. The van der Waals surface area contributed by atoms with Crippen molar-refractivity contribution in [1.82, 2.24) is 5.32 Å². The van der Waals surface area contributed by atoms with Crippen molar-refractivity contribution in [1.29, 1.82) is 0 Å². The van der Waals surface area contributed by atoms with Crippen molar-refractivity contribution >= 4 is 52.8 Å². The molecule has 3 rings (SSSR count). The predicted octanol–water partition coefficient (Wildman–Crippen LogP) is 3.99. The number of hydrogen-bond donors (Lipinski definition) is 1. The van der Waals surface area contributed by atoms with E-state index in [1.54, 1.807) is 25.1 Å². The maximum Gasteiger partial charge on any atom is 0.336 e. The summed E-state index contributed by atoms with van der Waals surface area (Å²) in [7, 11) is 2.99. The van der Waals surface area contributed by atoms with E-state index < -0.39 is 17.8 Å². The molecule has 0 radical (unpaired) electrons. The number of carbonyl (C=O) groups excluding carboxylic acids is 3. The van der Waals surface area contributed by atoms with Gasteiger partial charge in [-0.05, 0) is 37.3 Å². The number of hydrogen-bond acceptors (Lipinski definition) is 5. The molecule has 1 heterocycles. The number of nitrogens with zero attached hydrogens (tertiary/aromatic N) is 1. The Hall–Kier alpha value is -3.03. The average Bonchev–Trinajstić information content (AvgIpc) is 2.68. The third-order valence-electron chi connectivity index (χ3n) is 4.38. The van der Waals surface area contributed by atoms with Crippen LogP contribution in [0.5, 0.6) is 11.5 Å². The molecule has 4 amide bonds. The van der Waals surface area contributed by atoms with Crippen molar-refractivity contribution in [2.75, 3.05) is 19.1 Å². The maximum absolute atomic E-state index is 13.0. The van der Waals surface area contributed by atoms with Crippen LogP contribution in [0.3, 0.4) is 0 Å². The van der Waals surface area contributed by atoms with Gasteiger partial charge in [-0.25, -0.2) is 9.69 Å². The summed E-state index contributed by atoms with van der Waals surface area (Å²) in [5.41, 5.74) is 0.969. The van der Waals surface area contributed by atoms with E-state index in [2.05, 4.69) is 5.32 Å². The van der Waals surface area contributed by atoms with Crippen molar-refractivity contribution in [2.45, 2.75) is 6.92 Å². The minimum Gasteiger partial charge on any atom is -0.496 e. The van der Waals surface area contributed by atoms with Gasteiger partial charge in [0.05, 0.1) is 30.0 Å². The first-order valence-corrected chi connectivity index (χ1v) is 9.12. The largest absolute Gasteiger partial charge is 0.496 e. The third-order valence-corrected chi connectivity index (χ3v) is 5.19. The Kier molecular flexibility index (Phi) is 5.81. The average molecular weight is 435 g/mol. The van der Waals surface area contributed by atoms with Crippen molar-refractivity contribution < 1.29 is 23.9 Å². The Morgan fingerprint density at radius 2 is 1.76 bits per heavy atom. The monoisotopic (exact) mass is 434 g/mol. The Bertz CT molecular complexity index is 1070. The number of barbiturate groups is 1. The lowest BCUT2D eigenvalue weighted by atomic mass is 10.0. The number of rotatable bonds is 4. The number of amides is 4. The fourth-order valence-corrected chi connectivity index (χ4v) is 3.38. The third kappa shape index (κ3) is 3.66. The number of benzene rings is 2. The van der Waals surface area contributed by atoms with Gasteiger partial charge in [-0.15, -0.1) is 0 Å². The second-order valence-electron chi connectivity index (χ2n) is 6.05. The smallest absolute Gasteiger partial charge is 0.336 e. The van der Waals surface area contributed by atoms with E-state index >= 15 is 0 Å². The minimum atomic E-state index is -0.917. The number of imide groups is 2. The fraction of sp³-hybridized carbons (Fsp3) is 0.150. The van der Waals surface area contributed by atoms with Crippen LogP contribution in [0, 0.1) is 6.92 Å². The molecule has 1 fully saturated rings. The zero-order chi connectivity index (χ0) is 21.3. The molecule has 0 atom stereocenters. The van der Waals surface area contributed by atoms with Crippen LogP contribution < -0.4 is 19.7 Å². The van der Waals surface area contributed by atoms with Crippen molar-refractivity contribution in [3.63, 3.8) is 0 Å². The van der Waals surface area contributed by atoms with E-state index in [9.17, 15) is 14.4 Å². The molecule has 29 heavy (non-hydrogen) atoms. The first-order valence-electron chi connectivity index (χ1n) is 8.37. The quantitative estimate of drug-likeness (QED) is 0.580. The predicted molar refractivity (Wildman–Crippen MR) is 110 cm³/mol. The molecule has 9 heteroatoms. The van der Waals surface area contributed by atoms with Gasteiger partial charge in [-0.1, -0.05) is 29.3 Å². The zero-order valence-corrected chi connectivity index (χ0v) is 17.2. The molecule has 0 bridgehead atoms. The highest BCUT2D eigenvalue weighted by Gasteiger charge is 2.38. The molecule has 0 saturated carbocycles. The summed E-state index contributed by atoms with van der Waals surface area (Å²) >= 11 is 12.2. The lowest BCUT2D eigenvalue weighted by Crippen LogP contribution is -2.54. The molecule has 1 saturated heterocycles. The summed E-state index contributed by atoms with van der Waals surface area (Å²) in [6.07, 6.45) is 1.35. The van der Waals surface area contributed by atoms with Crippen LogP contribution in [0.25, 0.3) is 6.08 Å². The van der Waals surface area contributed by atoms with E-state index in [-0.39, 0.29) is 21.3 Å². The van der Waals surface area contributed by atoms with Crippen molar-refractivity contribution in [3.8, 4) is 11.5 Å². The van der Waals surface area contributed by atoms with Gasteiger partial charge in [0.1, 0.15) is 17.1 Å². The van der Waals surface area contributed by atoms with E-state index in [1.165, 1.54) is 32.4 Å². The van der Waals surface area contributed by atoms with E-state index in [0.29, 0.717) is 22.6 Å². The van der Waals surface area contributed by atoms with Gasteiger partial charge < -0.3 is 9.47 Å². The Labute approximate surface area is 176 Å². The van der Waals surface area contributed by atoms with E-state index in [1.807, 2.05) is 0 Å². The maximum atomic E-state index is 13.0. The number of nitrogens with one attached hydrogen (secondary N) is 1. The lowest BCUT2D eigenvalue weighted by molar-refractivity contribution is -0.122. The van der Waals surface area contributed by atoms with Gasteiger partial charge in [0.15, 0.2) is 0 Å². The molecule has 0 aliphatic carbocycles. The second kappa shape index (κ2) is 8.14. The number of carbonyl (C=O) groups is 3. The van der Waals surface area contributed by atoms with E-state index in [0.717, 1.165) is 4.90 Å². The first-order chi connectivity index (χ1) is 13.8. The second-order valence-corrected chi connectivity index (χ2v) is 6.83. The lowest BCUT2D eigenvalue weighted by Gasteiger charge is -2.27. The van der Waals surface area contributed by atoms with Gasteiger partial charge >= 0.3 is 6.03 Å². The van der Waals surface area contributed by atoms with Crippen LogP contribution in [-0.4, -0.2) is 32.1 Å². The molecule has 150 valence electrons. The molecule has 0 unspecified atom stereocenters. The highest BCUT2D eigenvalue weighted by molar-refractivity contribution is 6.46. The van der Waals surface area contributed by atoms with Crippen LogP contribution in [0.1, 0.15) is 11.1 Å². The Morgan fingerprint density at radius 3 is 2.41 bits per heavy atom. The van der Waals surface area contributed by atoms with Crippen molar-refractivity contribution in [3.05, 3.63) is 57.1 Å². The summed E-state index contributed by atoms with van der Waals surface area (Å²) in [4.78, 5) is 38.5. The summed E-state index contributed by atoms with van der Waals surface area (Å²) in [6.45, 7) is 1.78. The van der Waals surface area contributed by atoms with Gasteiger partial charge in [0.25, 0.3) is 11.8 Å². The van der Waals surface area contributed by atoms with Crippen LogP contribution in [-0.2, 0) is 9.59 Å². The molecule has 0 aromatic heterocycles. The van der Waals surface area contributed by atoms with Gasteiger partial charge in [0.2, 0.25) is 0 Å². The highest BCUT2D eigenvalue weighted by Crippen LogP contribution is 2.36. The number of methoxy groups -OCH3 is 2. The number of halogens is 2. The number of urea groups is 1. The fourth-order valence-electron chi connectivity index (χ4n) is 3.00. The molecule has 2 aromatic rings. The van der Waals surface area contributed by atoms with Crippen molar-refractivity contribution in [2.24, 2.45) is 0 Å². The zero-order valence-electron chi connectivity index (χ0n) is 15.7. The highest BCUT2D eigenvalue weighted by atomic mass is 35.5. The molecule has 1 aliphatic heterocycles. The molecule has 2 aromatic carbocycles. The molecule has 1 aliphatic rings.